The maximum atomic E-state index is 11.2. The molecule has 0 saturated carbocycles. The largest absolute Gasteiger partial charge is 0.466 e. The predicted octanol–water partition coefficient (Wildman–Crippen LogP) is 0.948. The van der Waals surface area contributed by atoms with Gasteiger partial charge in [-0.25, -0.2) is 9.59 Å². The number of ether oxygens (including phenoxy) is 2. The zero-order chi connectivity index (χ0) is 11.3. The van der Waals surface area contributed by atoms with Crippen molar-refractivity contribution in [3.05, 3.63) is 11.6 Å². The first kappa shape index (κ1) is 11.6. The minimum atomic E-state index is -0.343. The average molecular weight is 213 g/mol. The van der Waals surface area contributed by atoms with E-state index in [0.29, 0.717) is 31.7 Å². The fourth-order valence-corrected chi connectivity index (χ4v) is 1.32. The van der Waals surface area contributed by atoms with Gasteiger partial charge in [0.05, 0.1) is 13.7 Å². The molecule has 1 fully saturated rings. The molecule has 5 nitrogen and oxygen atoms in total. The molecule has 0 N–H and O–H groups in total. The molecule has 1 heterocycles. The molecule has 1 aliphatic rings. The van der Waals surface area contributed by atoms with Crippen molar-refractivity contribution >= 4 is 12.1 Å². The van der Waals surface area contributed by atoms with Crippen molar-refractivity contribution in [1.29, 1.82) is 0 Å². The van der Waals surface area contributed by atoms with E-state index < -0.39 is 0 Å². The normalized spacial score (nSPS) is 16.5. The number of hydrogen-bond acceptors (Lipinski definition) is 4. The van der Waals surface area contributed by atoms with Crippen molar-refractivity contribution < 1.29 is 19.1 Å². The molecule has 0 aromatic carbocycles. The summed E-state index contributed by atoms with van der Waals surface area (Å²) in [7, 11) is 1.34. The first-order chi connectivity index (χ1) is 7.19. The van der Waals surface area contributed by atoms with E-state index in [1.165, 1.54) is 7.11 Å². The smallest absolute Gasteiger partial charge is 0.410 e. The van der Waals surface area contributed by atoms with Crippen LogP contribution in [-0.4, -0.2) is 43.8 Å². The lowest BCUT2D eigenvalue weighted by atomic mass is 10.2. The summed E-state index contributed by atoms with van der Waals surface area (Å²) in [5, 5.41) is 0. The molecule has 5 heteroatoms. The second-order valence-corrected chi connectivity index (χ2v) is 3.13. The Labute approximate surface area is 88.6 Å². The van der Waals surface area contributed by atoms with Gasteiger partial charge in [-0.1, -0.05) is 13.0 Å². The highest BCUT2D eigenvalue weighted by atomic mass is 16.6. The van der Waals surface area contributed by atoms with E-state index in [2.05, 4.69) is 4.74 Å². The van der Waals surface area contributed by atoms with E-state index in [1.807, 2.05) is 6.92 Å². The summed E-state index contributed by atoms with van der Waals surface area (Å²) in [6.45, 7) is 3.27. The van der Waals surface area contributed by atoms with E-state index in [0.717, 1.165) is 0 Å². The number of methoxy groups -OCH3 is 1. The third kappa shape index (κ3) is 2.97. The van der Waals surface area contributed by atoms with Gasteiger partial charge in [-0.15, -0.1) is 0 Å². The predicted molar refractivity (Wildman–Crippen MR) is 53.3 cm³/mol. The highest BCUT2D eigenvalue weighted by Gasteiger charge is 2.20. The Bertz CT molecular complexity index is 285. The molecule has 0 unspecified atom stereocenters. The monoisotopic (exact) mass is 213 g/mol. The SMILES string of the molecule is CCC(=CCN1CCOC1=O)C(=O)OC. The average Bonchev–Trinajstić information content (AvgIpc) is 2.65. The fourth-order valence-electron chi connectivity index (χ4n) is 1.32. The van der Waals surface area contributed by atoms with Gasteiger partial charge < -0.3 is 14.4 Å². The van der Waals surface area contributed by atoms with Crippen molar-refractivity contribution in [2.24, 2.45) is 0 Å². The maximum absolute atomic E-state index is 11.2. The third-order valence-corrected chi connectivity index (χ3v) is 2.23. The Morgan fingerprint density at radius 2 is 2.40 bits per heavy atom. The van der Waals surface area contributed by atoms with E-state index in [1.54, 1.807) is 11.0 Å². The Morgan fingerprint density at radius 3 is 2.87 bits per heavy atom. The Morgan fingerprint density at radius 1 is 1.67 bits per heavy atom. The van der Waals surface area contributed by atoms with Crippen molar-refractivity contribution in [1.82, 2.24) is 4.90 Å². The second-order valence-electron chi connectivity index (χ2n) is 3.13. The van der Waals surface area contributed by atoms with Crippen LogP contribution in [0.25, 0.3) is 0 Å². The number of amides is 1. The molecule has 0 atom stereocenters. The molecule has 0 aliphatic carbocycles. The molecular formula is C10H15NO4. The standard InChI is InChI=1S/C10H15NO4/c1-3-8(9(12)14-2)4-5-11-6-7-15-10(11)13/h4H,3,5-7H2,1-2H3. The van der Waals surface area contributed by atoms with Crippen LogP contribution in [0.3, 0.4) is 0 Å². The van der Waals surface area contributed by atoms with E-state index in [4.69, 9.17) is 4.74 Å². The zero-order valence-corrected chi connectivity index (χ0v) is 8.99. The summed E-state index contributed by atoms with van der Waals surface area (Å²) in [5.74, 6) is -0.343. The molecule has 0 spiro atoms. The summed E-state index contributed by atoms with van der Waals surface area (Å²) >= 11 is 0. The van der Waals surface area contributed by atoms with Crippen LogP contribution in [0.2, 0.25) is 0 Å². The Kier molecular flexibility index (Phi) is 4.15. The van der Waals surface area contributed by atoms with Gasteiger partial charge in [0, 0.05) is 12.1 Å². The minimum Gasteiger partial charge on any atom is -0.466 e. The lowest BCUT2D eigenvalue weighted by Gasteiger charge is -2.10. The van der Waals surface area contributed by atoms with Crippen LogP contribution in [0.1, 0.15) is 13.3 Å². The summed E-state index contributed by atoms with van der Waals surface area (Å²) in [5.41, 5.74) is 0.581. The quantitative estimate of drug-likeness (QED) is 0.515. The van der Waals surface area contributed by atoms with Crippen molar-refractivity contribution in [3.63, 3.8) is 0 Å². The molecule has 0 radical (unpaired) electrons. The maximum Gasteiger partial charge on any atom is 0.410 e. The van der Waals surface area contributed by atoms with Gasteiger partial charge >= 0.3 is 12.1 Å². The Hall–Kier alpha value is -1.52. The van der Waals surface area contributed by atoms with Crippen LogP contribution in [0.4, 0.5) is 4.79 Å². The lowest BCUT2D eigenvalue weighted by Crippen LogP contribution is -2.24. The van der Waals surface area contributed by atoms with Gasteiger partial charge in [0.2, 0.25) is 0 Å². The van der Waals surface area contributed by atoms with Gasteiger partial charge in [-0.3, -0.25) is 0 Å². The lowest BCUT2D eigenvalue weighted by molar-refractivity contribution is -0.136. The molecule has 0 bridgehead atoms. The molecule has 1 amide bonds. The van der Waals surface area contributed by atoms with Gasteiger partial charge in [-0.05, 0) is 6.42 Å². The molecule has 1 aliphatic heterocycles. The van der Waals surface area contributed by atoms with E-state index >= 15 is 0 Å². The topological polar surface area (TPSA) is 55.8 Å². The van der Waals surface area contributed by atoms with Crippen molar-refractivity contribution in [3.8, 4) is 0 Å². The molecule has 0 aromatic rings. The number of carbonyl (C=O) groups excluding carboxylic acids is 2. The number of nitrogens with zero attached hydrogens (tertiary/aromatic N) is 1. The fraction of sp³-hybridized carbons (Fsp3) is 0.600. The summed E-state index contributed by atoms with van der Waals surface area (Å²) in [6, 6.07) is 0. The zero-order valence-electron chi connectivity index (χ0n) is 8.99. The minimum absolute atomic E-state index is 0.327. The van der Waals surface area contributed by atoms with Crippen LogP contribution in [-0.2, 0) is 14.3 Å². The molecule has 1 rings (SSSR count). The third-order valence-electron chi connectivity index (χ3n) is 2.23. The van der Waals surface area contributed by atoms with Crippen LogP contribution in [0.5, 0.6) is 0 Å². The van der Waals surface area contributed by atoms with Crippen molar-refractivity contribution in [2.75, 3.05) is 26.8 Å². The van der Waals surface area contributed by atoms with Gasteiger partial charge in [0.15, 0.2) is 0 Å². The van der Waals surface area contributed by atoms with Crippen LogP contribution in [0.15, 0.2) is 11.6 Å². The van der Waals surface area contributed by atoms with Gasteiger partial charge in [-0.2, -0.15) is 0 Å². The molecule has 0 aromatic heterocycles. The Balaban J connectivity index is 2.53. The summed E-state index contributed by atoms with van der Waals surface area (Å²) in [6.07, 6.45) is 1.97. The van der Waals surface area contributed by atoms with Crippen LogP contribution >= 0.6 is 0 Å². The number of hydrogen-bond donors (Lipinski definition) is 0. The van der Waals surface area contributed by atoms with Gasteiger partial charge in [0.25, 0.3) is 0 Å². The number of esters is 1. The van der Waals surface area contributed by atoms with E-state index in [9.17, 15) is 9.59 Å². The number of carbonyl (C=O) groups is 2. The highest BCUT2D eigenvalue weighted by Crippen LogP contribution is 2.07. The molecule has 1 saturated heterocycles. The number of rotatable bonds is 4. The van der Waals surface area contributed by atoms with Crippen LogP contribution in [0, 0.1) is 0 Å². The summed E-state index contributed by atoms with van der Waals surface area (Å²) < 4.78 is 9.36. The summed E-state index contributed by atoms with van der Waals surface area (Å²) in [4.78, 5) is 23.8. The van der Waals surface area contributed by atoms with Crippen LogP contribution < -0.4 is 0 Å². The number of cyclic esters (lactones) is 1. The highest BCUT2D eigenvalue weighted by molar-refractivity contribution is 5.88. The molecule has 15 heavy (non-hydrogen) atoms. The first-order valence-electron chi connectivity index (χ1n) is 4.88. The van der Waals surface area contributed by atoms with E-state index in [-0.39, 0.29) is 12.1 Å². The van der Waals surface area contributed by atoms with Gasteiger partial charge in [0.1, 0.15) is 6.61 Å². The second kappa shape index (κ2) is 5.38. The van der Waals surface area contributed by atoms with Crippen molar-refractivity contribution in [2.45, 2.75) is 13.3 Å². The first-order valence-corrected chi connectivity index (χ1v) is 4.88. The molecule has 84 valence electrons. The molecular weight excluding hydrogens is 198 g/mol.